The van der Waals surface area contributed by atoms with E-state index in [-0.39, 0.29) is 6.61 Å². The molecular weight excluding hydrogens is 570 g/mol. The number of azide groups is 1. The van der Waals surface area contributed by atoms with Gasteiger partial charge in [-0.1, -0.05) is 119 Å². The molecule has 4 aromatic carbocycles. The summed E-state index contributed by atoms with van der Waals surface area (Å²) in [5, 5.41) is 4.84. The van der Waals surface area contributed by atoms with Gasteiger partial charge in [0.15, 0.2) is 0 Å². The zero-order valence-corrected chi connectivity index (χ0v) is 24.5. The van der Waals surface area contributed by atoms with E-state index in [9.17, 15) is 5.53 Å². The van der Waals surface area contributed by atoms with Gasteiger partial charge in [-0.3, -0.25) is 0 Å². The van der Waals surface area contributed by atoms with E-state index in [1.807, 2.05) is 115 Å². The molecule has 1 fully saturated rings. The Morgan fingerprint density at radius 2 is 1.24 bits per heavy atom. The van der Waals surface area contributed by atoms with Crippen molar-refractivity contribution in [1.29, 1.82) is 0 Å². The van der Waals surface area contributed by atoms with Crippen LogP contribution in [0.15, 0.2) is 125 Å². The average molecular weight is 602 g/mol. The minimum Gasteiger partial charge on any atom is -0.374 e. The van der Waals surface area contributed by atoms with Gasteiger partial charge < -0.3 is 18.9 Å². The molecule has 4 aromatic rings. The maximum Gasteiger partial charge on any atom is 0.119 e. The fourth-order valence-corrected chi connectivity index (χ4v) is 5.98. The lowest BCUT2D eigenvalue weighted by Gasteiger charge is -2.44. The number of benzene rings is 4. The van der Waals surface area contributed by atoms with Crippen molar-refractivity contribution in [3.05, 3.63) is 147 Å². The summed E-state index contributed by atoms with van der Waals surface area (Å²) >= 11 is 7.59. The van der Waals surface area contributed by atoms with Crippen LogP contribution in [-0.2, 0) is 38.8 Å². The Bertz CT molecular complexity index is 1410. The number of ether oxygens (including phenoxy) is 4. The summed E-state index contributed by atoms with van der Waals surface area (Å²) in [5.41, 5.74) is 12.2. The summed E-state index contributed by atoms with van der Waals surface area (Å²) in [6.45, 7) is 1.36. The van der Waals surface area contributed by atoms with Gasteiger partial charge in [0.05, 0.1) is 32.5 Å². The number of thioether (sulfide) groups is 1. The minimum absolute atomic E-state index is 0.264. The Hall–Kier alpha value is -3.33. The van der Waals surface area contributed by atoms with Gasteiger partial charge in [-0.25, -0.2) is 0 Å². The van der Waals surface area contributed by atoms with Crippen molar-refractivity contribution in [3.63, 3.8) is 0 Å². The molecule has 42 heavy (non-hydrogen) atoms. The summed E-state index contributed by atoms with van der Waals surface area (Å²) in [4.78, 5) is 4.12. The predicted molar refractivity (Wildman–Crippen MR) is 165 cm³/mol. The van der Waals surface area contributed by atoms with Crippen LogP contribution >= 0.6 is 23.4 Å². The number of rotatable bonds is 13. The van der Waals surface area contributed by atoms with Crippen LogP contribution in [0.4, 0.5) is 0 Å². The highest BCUT2D eigenvalue weighted by Crippen LogP contribution is 2.38. The van der Waals surface area contributed by atoms with Crippen molar-refractivity contribution < 1.29 is 18.9 Å². The van der Waals surface area contributed by atoms with Crippen LogP contribution in [0, 0.1) is 0 Å². The van der Waals surface area contributed by atoms with Crippen molar-refractivity contribution in [3.8, 4) is 0 Å². The van der Waals surface area contributed by atoms with Crippen LogP contribution in [-0.4, -0.2) is 36.4 Å². The van der Waals surface area contributed by atoms with Crippen molar-refractivity contribution in [2.75, 3.05) is 6.61 Å². The number of nitrogens with zero attached hydrogens (tertiary/aromatic N) is 3. The van der Waals surface area contributed by atoms with E-state index >= 15 is 0 Å². The first-order valence-corrected chi connectivity index (χ1v) is 15.0. The standard InChI is InChI=1S/C33H32ClN3O4S/c34-27-16-18-28(19-17-27)42-33-30(36-37-35)32(40-22-26-14-8-3-9-15-26)31(39-21-25-12-6-2-7-13-25)29(41-33)23-38-20-24-10-4-1-5-11-24/h1-19,29-33H,20-23H2/t29-,30-,31-,32-,33+/m1/s1. The Labute approximate surface area is 255 Å². The quantitative estimate of drug-likeness (QED) is 0.0875. The lowest BCUT2D eigenvalue weighted by atomic mass is 9.97. The molecule has 1 heterocycles. The van der Waals surface area contributed by atoms with Gasteiger partial charge in [-0.2, -0.15) is 0 Å². The van der Waals surface area contributed by atoms with Crippen LogP contribution in [0.3, 0.4) is 0 Å². The Morgan fingerprint density at radius 3 is 1.79 bits per heavy atom. The van der Waals surface area contributed by atoms with Crippen molar-refractivity contribution in [2.45, 2.75) is 54.5 Å². The zero-order valence-electron chi connectivity index (χ0n) is 22.9. The van der Waals surface area contributed by atoms with E-state index < -0.39 is 29.8 Å². The van der Waals surface area contributed by atoms with Crippen molar-refractivity contribution in [1.82, 2.24) is 0 Å². The molecular formula is C33H32ClN3O4S. The Kier molecular flexibility index (Phi) is 11.3. The van der Waals surface area contributed by atoms with Crippen LogP contribution in [0.2, 0.25) is 5.02 Å². The van der Waals surface area contributed by atoms with Crippen LogP contribution in [0.1, 0.15) is 16.7 Å². The molecule has 1 aliphatic heterocycles. The first-order valence-electron chi connectivity index (χ1n) is 13.7. The molecule has 1 aliphatic rings. The van der Waals surface area contributed by atoms with Crippen LogP contribution in [0.5, 0.6) is 0 Å². The van der Waals surface area contributed by atoms with Gasteiger partial charge in [-0.15, -0.1) is 0 Å². The third-order valence-corrected chi connectivity index (χ3v) is 8.25. The maximum atomic E-state index is 9.62. The third-order valence-electron chi connectivity index (χ3n) is 6.83. The molecule has 0 bridgehead atoms. The fraction of sp³-hybridized carbons (Fsp3) is 0.273. The van der Waals surface area contributed by atoms with E-state index in [2.05, 4.69) is 10.0 Å². The lowest BCUT2D eigenvalue weighted by molar-refractivity contribution is -0.211. The topological polar surface area (TPSA) is 85.7 Å². The van der Waals surface area contributed by atoms with Gasteiger partial charge >= 0.3 is 0 Å². The summed E-state index contributed by atoms with van der Waals surface area (Å²) in [5.74, 6) is 0. The Morgan fingerprint density at radius 1 is 0.714 bits per heavy atom. The Balaban J connectivity index is 1.43. The van der Waals surface area contributed by atoms with Crippen LogP contribution in [0.25, 0.3) is 10.4 Å². The lowest BCUT2D eigenvalue weighted by Crippen LogP contribution is -2.58. The van der Waals surface area contributed by atoms with Gasteiger partial charge in [-0.05, 0) is 46.5 Å². The van der Waals surface area contributed by atoms with E-state index in [1.165, 1.54) is 11.8 Å². The maximum absolute atomic E-state index is 9.62. The SMILES string of the molecule is [N-]=[N+]=N[C@@H]1[C@@H](OCc2ccccc2)[C@H](OCc2ccccc2)[C@@H](COCc2ccccc2)O[C@H]1Sc1ccc(Cl)cc1. The normalized spacial score (nSPS) is 21.9. The van der Waals surface area contributed by atoms with Crippen molar-refractivity contribution >= 4 is 23.4 Å². The highest BCUT2D eigenvalue weighted by molar-refractivity contribution is 7.99. The number of hydrogen-bond donors (Lipinski definition) is 0. The van der Waals surface area contributed by atoms with E-state index in [0.29, 0.717) is 24.8 Å². The van der Waals surface area contributed by atoms with E-state index in [4.69, 9.17) is 30.5 Å². The summed E-state index contributed by atoms with van der Waals surface area (Å²) in [6.07, 6.45) is -1.66. The number of hydrogen-bond acceptors (Lipinski definition) is 6. The largest absolute Gasteiger partial charge is 0.374 e. The molecule has 5 atom stereocenters. The molecule has 0 aromatic heterocycles. The monoisotopic (exact) mass is 601 g/mol. The average Bonchev–Trinajstić information content (AvgIpc) is 3.03. The smallest absolute Gasteiger partial charge is 0.119 e. The molecule has 0 saturated carbocycles. The predicted octanol–water partition coefficient (Wildman–Crippen LogP) is 8.22. The first-order chi connectivity index (χ1) is 20.7. The molecule has 9 heteroatoms. The molecule has 0 amide bonds. The van der Waals surface area contributed by atoms with Gasteiger partial charge in [0.1, 0.15) is 23.7 Å². The first kappa shape index (κ1) is 30.1. The third kappa shape index (κ3) is 8.60. The second-order valence-corrected chi connectivity index (χ2v) is 11.4. The minimum atomic E-state index is -0.675. The molecule has 1 saturated heterocycles. The van der Waals surface area contributed by atoms with E-state index in [1.54, 1.807) is 0 Å². The van der Waals surface area contributed by atoms with Crippen molar-refractivity contribution in [2.24, 2.45) is 5.11 Å². The van der Waals surface area contributed by atoms with E-state index in [0.717, 1.165) is 21.6 Å². The fourth-order valence-electron chi connectivity index (χ4n) is 4.75. The molecule has 0 radical (unpaired) electrons. The highest BCUT2D eigenvalue weighted by atomic mass is 35.5. The molecule has 0 unspecified atom stereocenters. The summed E-state index contributed by atoms with van der Waals surface area (Å²) in [7, 11) is 0. The molecule has 7 nitrogen and oxygen atoms in total. The van der Waals surface area contributed by atoms with Gasteiger partial charge in [0.2, 0.25) is 0 Å². The zero-order chi connectivity index (χ0) is 29.0. The molecule has 5 rings (SSSR count). The second-order valence-electron chi connectivity index (χ2n) is 9.83. The molecule has 0 N–H and O–H groups in total. The summed E-state index contributed by atoms with van der Waals surface area (Å²) in [6, 6.07) is 36.6. The summed E-state index contributed by atoms with van der Waals surface area (Å²) < 4.78 is 25.9. The molecule has 0 spiro atoms. The molecule has 216 valence electrons. The van der Waals surface area contributed by atoms with Gasteiger partial charge in [0, 0.05) is 14.8 Å². The van der Waals surface area contributed by atoms with Crippen LogP contribution < -0.4 is 0 Å². The molecule has 0 aliphatic carbocycles. The highest BCUT2D eigenvalue weighted by Gasteiger charge is 2.47. The second kappa shape index (κ2) is 15.8. The number of halogens is 1. The van der Waals surface area contributed by atoms with Gasteiger partial charge in [0.25, 0.3) is 0 Å².